The van der Waals surface area contributed by atoms with Gasteiger partial charge in [0, 0.05) is 13.3 Å². The fourth-order valence-electron chi connectivity index (χ4n) is 1.88. The number of benzene rings is 1. The van der Waals surface area contributed by atoms with Crippen LogP contribution in [0.4, 0.5) is 0 Å². The Hall–Kier alpha value is -1.75. The van der Waals surface area contributed by atoms with Crippen LogP contribution in [0.3, 0.4) is 0 Å². The Morgan fingerprint density at radius 2 is 2.11 bits per heavy atom. The highest BCUT2D eigenvalue weighted by Gasteiger charge is 2.16. The highest BCUT2D eigenvalue weighted by molar-refractivity contribution is 5.73. The zero-order valence-electron chi connectivity index (χ0n) is 10.3. The van der Waals surface area contributed by atoms with E-state index in [1.165, 1.54) is 6.92 Å². The van der Waals surface area contributed by atoms with Gasteiger partial charge in [-0.1, -0.05) is 6.07 Å². The van der Waals surface area contributed by atoms with E-state index >= 15 is 0 Å². The minimum Gasteiger partial charge on any atom is -0.490 e. The van der Waals surface area contributed by atoms with Crippen molar-refractivity contribution >= 4 is 5.91 Å². The van der Waals surface area contributed by atoms with Crippen molar-refractivity contribution in [2.75, 3.05) is 19.8 Å². The highest BCUT2D eigenvalue weighted by atomic mass is 16.5. The van der Waals surface area contributed by atoms with Gasteiger partial charge in [0.15, 0.2) is 11.5 Å². The molecule has 1 aromatic rings. The monoisotopic (exact) mass is 251 g/mol. The fraction of sp³-hybridized carbons (Fsp3) is 0.462. The van der Waals surface area contributed by atoms with Gasteiger partial charge in [0.25, 0.3) is 0 Å². The Labute approximate surface area is 106 Å². The molecule has 0 bridgehead atoms. The molecule has 2 rings (SSSR count). The summed E-state index contributed by atoms with van der Waals surface area (Å²) in [6.45, 7) is 2.52. The number of carbonyl (C=O) groups excluding carboxylic acids is 1. The molecular formula is C13H17NO4. The summed E-state index contributed by atoms with van der Waals surface area (Å²) < 4.78 is 11.1. The van der Waals surface area contributed by atoms with Gasteiger partial charge < -0.3 is 19.9 Å². The van der Waals surface area contributed by atoms with Crippen molar-refractivity contribution in [3.05, 3.63) is 23.8 Å². The molecule has 1 atom stereocenters. The van der Waals surface area contributed by atoms with Crippen LogP contribution in [0.5, 0.6) is 11.5 Å². The molecule has 0 spiro atoms. The Bertz CT molecular complexity index is 433. The molecule has 0 radical (unpaired) electrons. The molecule has 1 aromatic carbocycles. The van der Waals surface area contributed by atoms with Crippen molar-refractivity contribution in [1.82, 2.24) is 5.32 Å². The molecule has 1 aliphatic heterocycles. The van der Waals surface area contributed by atoms with Crippen LogP contribution in [-0.2, 0) is 4.79 Å². The normalized spacial score (nSPS) is 15.7. The lowest BCUT2D eigenvalue weighted by Crippen LogP contribution is -2.28. The molecule has 5 nitrogen and oxygen atoms in total. The number of aliphatic hydroxyl groups excluding tert-OH is 1. The number of hydrogen-bond acceptors (Lipinski definition) is 4. The molecule has 1 amide bonds. The van der Waals surface area contributed by atoms with Crippen LogP contribution in [0.25, 0.3) is 0 Å². The lowest BCUT2D eigenvalue weighted by molar-refractivity contribution is -0.120. The number of rotatable bonds is 3. The minimum atomic E-state index is -0.417. The average molecular weight is 251 g/mol. The third-order valence-electron chi connectivity index (χ3n) is 2.73. The quantitative estimate of drug-likeness (QED) is 0.841. The van der Waals surface area contributed by atoms with E-state index in [0.717, 1.165) is 12.0 Å². The van der Waals surface area contributed by atoms with Gasteiger partial charge in [-0.05, 0) is 17.7 Å². The number of carbonyl (C=O) groups is 1. The zero-order chi connectivity index (χ0) is 13.0. The fourth-order valence-corrected chi connectivity index (χ4v) is 1.88. The van der Waals surface area contributed by atoms with Gasteiger partial charge in [-0.2, -0.15) is 0 Å². The molecule has 2 N–H and O–H groups in total. The molecule has 98 valence electrons. The van der Waals surface area contributed by atoms with Gasteiger partial charge in [-0.25, -0.2) is 0 Å². The van der Waals surface area contributed by atoms with Crippen molar-refractivity contribution < 1.29 is 19.4 Å². The van der Waals surface area contributed by atoms with E-state index in [-0.39, 0.29) is 12.5 Å². The maximum Gasteiger partial charge on any atom is 0.217 e. The number of hydrogen-bond donors (Lipinski definition) is 2. The third-order valence-corrected chi connectivity index (χ3v) is 2.73. The van der Waals surface area contributed by atoms with Crippen LogP contribution in [0.2, 0.25) is 0 Å². The van der Waals surface area contributed by atoms with Crippen molar-refractivity contribution in [3.8, 4) is 11.5 Å². The van der Waals surface area contributed by atoms with E-state index in [0.29, 0.717) is 24.7 Å². The van der Waals surface area contributed by atoms with Crippen LogP contribution >= 0.6 is 0 Å². The maximum atomic E-state index is 11.1. The van der Waals surface area contributed by atoms with Crippen LogP contribution in [0.15, 0.2) is 18.2 Å². The Morgan fingerprint density at radius 1 is 1.39 bits per heavy atom. The van der Waals surface area contributed by atoms with Crippen molar-refractivity contribution in [2.45, 2.75) is 19.4 Å². The molecule has 1 heterocycles. The summed E-state index contributed by atoms with van der Waals surface area (Å²) in [5.74, 6) is 1.19. The number of aliphatic hydroxyl groups is 1. The number of ether oxygens (including phenoxy) is 2. The van der Waals surface area contributed by atoms with Crippen LogP contribution in [0.1, 0.15) is 24.9 Å². The van der Waals surface area contributed by atoms with Crippen LogP contribution in [0, 0.1) is 0 Å². The van der Waals surface area contributed by atoms with Crippen LogP contribution in [-0.4, -0.2) is 30.8 Å². The van der Waals surface area contributed by atoms with E-state index in [4.69, 9.17) is 9.47 Å². The standard InChI is InChI=1S/C13H17NO4/c1-9(16)14-11(8-15)10-3-4-12-13(7-10)18-6-2-5-17-12/h3-4,7,11,15H,2,5-6,8H2,1H3,(H,14,16). The smallest absolute Gasteiger partial charge is 0.217 e. The molecule has 1 unspecified atom stereocenters. The molecule has 0 saturated carbocycles. The highest BCUT2D eigenvalue weighted by Crippen LogP contribution is 2.32. The Morgan fingerprint density at radius 3 is 2.78 bits per heavy atom. The summed E-state index contributed by atoms with van der Waals surface area (Å²) >= 11 is 0. The van der Waals surface area contributed by atoms with Gasteiger partial charge in [0.05, 0.1) is 25.9 Å². The first-order valence-corrected chi connectivity index (χ1v) is 5.98. The lowest BCUT2D eigenvalue weighted by Gasteiger charge is -2.17. The van der Waals surface area contributed by atoms with Crippen molar-refractivity contribution in [3.63, 3.8) is 0 Å². The number of fused-ring (bicyclic) bond motifs is 1. The molecule has 0 aliphatic carbocycles. The topological polar surface area (TPSA) is 67.8 Å². The van der Waals surface area contributed by atoms with E-state index < -0.39 is 6.04 Å². The van der Waals surface area contributed by atoms with E-state index in [1.54, 1.807) is 12.1 Å². The minimum absolute atomic E-state index is 0.154. The molecule has 1 aliphatic rings. The summed E-state index contributed by atoms with van der Waals surface area (Å²) in [5.41, 5.74) is 0.803. The first kappa shape index (κ1) is 12.7. The Kier molecular flexibility index (Phi) is 4.04. The first-order chi connectivity index (χ1) is 8.70. The summed E-state index contributed by atoms with van der Waals surface area (Å²) in [4.78, 5) is 11.1. The van der Waals surface area contributed by atoms with Gasteiger partial charge in [-0.3, -0.25) is 4.79 Å². The first-order valence-electron chi connectivity index (χ1n) is 5.98. The van der Waals surface area contributed by atoms with Gasteiger partial charge >= 0.3 is 0 Å². The van der Waals surface area contributed by atoms with Gasteiger partial charge in [0.2, 0.25) is 5.91 Å². The molecule has 0 saturated heterocycles. The van der Waals surface area contributed by atoms with Gasteiger partial charge in [0.1, 0.15) is 0 Å². The SMILES string of the molecule is CC(=O)NC(CO)c1ccc2c(c1)OCCCO2. The molecular weight excluding hydrogens is 234 g/mol. The molecule has 18 heavy (non-hydrogen) atoms. The predicted molar refractivity (Wildman–Crippen MR) is 65.7 cm³/mol. The second-order valence-electron chi connectivity index (χ2n) is 4.19. The van der Waals surface area contributed by atoms with Crippen molar-refractivity contribution in [1.29, 1.82) is 0 Å². The average Bonchev–Trinajstić information content (AvgIpc) is 2.59. The van der Waals surface area contributed by atoms with Crippen LogP contribution < -0.4 is 14.8 Å². The summed E-state index contributed by atoms with van der Waals surface area (Å²) in [6, 6.07) is 5.02. The summed E-state index contributed by atoms with van der Waals surface area (Å²) in [7, 11) is 0. The largest absolute Gasteiger partial charge is 0.490 e. The van der Waals surface area contributed by atoms with E-state index in [1.807, 2.05) is 6.07 Å². The molecule has 0 fully saturated rings. The molecule has 5 heteroatoms. The van der Waals surface area contributed by atoms with Gasteiger partial charge in [-0.15, -0.1) is 0 Å². The van der Waals surface area contributed by atoms with E-state index in [9.17, 15) is 9.90 Å². The second kappa shape index (κ2) is 5.73. The Balaban J connectivity index is 2.23. The van der Waals surface area contributed by atoms with E-state index in [2.05, 4.69) is 5.32 Å². The van der Waals surface area contributed by atoms with Crippen molar-refractivity contribution in [2.24, 2.45) is 0 Å². The maximum absolute atomic E-state index is 11.1. The zero-order valence-corrected chi connectivity index (χ0v) is 10.3. The number of amides is 1. The summed E-state index contributed by atoms with van der Waals surface area (Å²) in [5, 5.41) is 12.0. The lowest BCUT2D eigenvalue weighted by atomic mass is 10.1. The third kappa shape index (κ3) is 2.92. The predicted octanol–water partition coefficient (Wildman–Crippen LogP) is 1.02. The number of nitrogens with one attached hydrogen (secondary N) is 1. The summed E-state index contributed by atoms with van der Waals surface area (Å²) in [6.07, 6.45) is 0.846. The molecule has 0 aromatic heterocycles. The second-order valence-corrected chi connectivity index (χ2v) is 4.19.